The molecular formula is C13H11NO2S. The molecule has 1 aliphatic rings. The standard InChI is InChI=1S/C13H11NO2S/c15-14-13(10-6-2-1-3-7-10)11-8-4-5-9-12(11)17(14)16/h1-9,13,15H/t13-,17?/m1/s1. The Morgan fingerprint density at radius 3 is 2.41 bits per heavy atom. The third kappa shape index (κ3) is 1.61. The highest BCUT2D eigenvalue weighted by molar-refractivity contribution is 7.82. The first-order valence-corrected chi connectivity index (χ1v) is 6.43. The highest BCUT2D eigenvalue weighted by Crippen LogP contribution is 2.39. The smallest absolute Gasteiger partial charge is 0.152 e. The molecule has 2 aromatic rings. The number of rotatable bonds is 1. The van der Waals surface area contributed by atoms with E-state index in [-0.39, 0.29) is 6.04 Å². The molecule has 3 rings (SSSR count). The first-order valence-electron chi connectivity index (χ1n) is 5.33. The van der Waals surface area contributed by atoms with Crippen LogP contribution in [0, 0.1) is 0 Å². The molecule has 86 valence electrons. The number of hydrogen-bond donors (Lipinski definition) is 1. The Hall–Kier alpha value is -1.49. The van der Waals surface area contributed by atoms with Gasteiger partial charge in [-0.05, 0) is 17.2 Å². The second-order valence-corrected chi connectivity index (χ2v) is 5.21. The summed E-state index contributed by atoms with van der Waals surface area (Å²) in [6.07, 6.45) is 0. The molecule has 2 aromatic carbocycles. The van der Waals surface area contributed by atoms with Gasteiger partial charge in [0.25, 0.3) is 0 Å². The minimum Gasteiger partial charge on any atom is -0.300 e. The van der Waals surface area contributed by atoms with Gasteiger partial charge in [-0.2, -0.15) is 0 Å². The van der Waals surface area contributed by atoms with E-state index in [0.29, 0.717) is 4.90 Å². The van der Waals surface area contributed by atoms with Crippen LogP contribution in [0.1, 0.15) is 17.2 Å². The lowest BCUT2D eigenvalue weighted by Crippen LogP contribution is -2.20. The fourth-order valence-corrected chi connectivity index (χ4v) is 3.33. The Morgan fingerprint density at radius 1 is 1.00 bits per heavy atom. The van der Waals surface area contributed by atoms with E-state index >= 15 is 0 Å². The monoisotopic (exact) mass is 245 g/mol. The van der Waals surface area contributed by atoms with Gasteiger partial charge < -0.3 is 5.21 Å². The van der Waals surface area contributed by atoms with Crippen molar-refractivity contribution in [2.24, 2.45) is 0 Å². The summed E-state index contributed by atoms with van der Waals surface area (Å²) in [5, 5.41) is 9.97. The zero-order valence-corrected chi connectivity index (χ0v) is 9.80. The Bertz CT molecular complexity index is 571. The molecule has 0 saturated heterocycles. The van der Waals surface area contributed by atoms with Gasteiger partial charge in [0, 0.05) is 0 Å². The van der Waals surface area contributed by atoms with E-state index < -0.39 is 11.0 Å². The van der Waals surface area contributed by atoms with E-state index in [0.717, 1.165) is 15.6 Å². The molecule has 0 fully saturated rings. The Morgan fingerprint density at radius 2 is 1.65 bits per heavy atom. The molecule has 1 heterocycles. The minimum atomic E-state index is -1.48. The van der Waals surface area contributed by atoms with Crippen LogP contribution in [0.4, 0.5) is 0 Å². The summed E-state index contributed by atoms with van der Waals surface area (Å²) in [6.45, 7) is 0. The average molecular weight is 245 g/mol. The van der Waals surface area contributed by atoms with Gasteiger partial charge in [-0.15, -0.1) is 0 Å². The molecule has 0 saturated carbocycles. The first-order chi connectivity index (χ1) is 8.29. The Balaban J connectivity index is 2.16. The van der Waals surface area contributed by atoms with Crippen molar-refractivity contribution in [1.29, 1.82) is 0 Å². The van der Waals surface area contributed by atoms with Crippen molar-refractivity contribution in [3.05, 3.63) is 65.7 Å². The number of hydroxylamine groups is 1. The van der Waals surface area contributed by atoms with E-state index in [4.69, 9.17) is 0 Å². The van der Waals surface area contributed by atoms with Crippen LogP contribution < -0.4 is 0 Å². The third-order valence-corrected chi connectivity index (χ3v) is 4.21. The number of benzene rings is 2. The van der Waals surface area contributed by atoms with Gasteiger partial charge in [-0.1, -0.05) is 53.0 Å². The van der Waals surface area contributed by atoms with Gasteiger partial charge in [-0.3, -0.25) is 0 Å². The normalized spacial score (nSPS) is 23.6. The van der Waals surface area contributed by atoms with Crippen LogP contribution in [0.15, 0.2) is 59.5 Å². The van der Waals surface area contributed by atoms with Crippen LogP contribution in [-0.4, -0.2) is 13.9 Å². The van der Waals surface area contributed by atoms with Crippen molar-refractivity contribution in [3.8, 4) is 0 Å². The molecule has 1 unspecified atom stereocenters. The lowest BCUT2D eigenvalue weighted by atomic mass is 10.00. The Labute approximate surface area is 102 Å². The second-order valence-electron chi connectivity index (χ2n) is 3.90. The van der Waals surface area contributed by atoms with E-state index in [1.165, 1.54) is 0 Å². The van der Waals surface area contributed by atoms with Crippen LogP contribution in [0.5, 0.6) is 0 Å². The molecule has 17 heavy (non-hydrogen) atoms. The topological polar surface area (TPSA) is 40.5 Å². The van der Waals surface area contributed by atoms with Gasteiger partial charge in [0.05, 0.1) is 4.90 Å². The number of fused-ring (bicyclic) bond motifs is 1. The van der Waals surface area contributed by atoms with Crippen LogP contribution in [-0.2, 0) is 11.0 Å². The van der Waals surface area contributed by atoms with Gasteiger partial charge in [0.15, 0.2) is 11.0 Å². The SMILES string of the molecule is O=S1c2ccccc2[C@@H](c2ccccc2)N1O. The van der Waals surface area contributed by atoms with Crippen molar-refractivity contribution >= 4 is 11.0 Å². The molecule has 0 spiro atoms. The first kappa shape index (κ1) is 10.7. The van der Waals surface area contributed by atoms with Gasteiger partial charge in [0.1, 0.15) is 6.04 Å². The quantitative estimate of drug-likeness (QED) is 0.838. The largest absolute Gasteiger partial charge is 0.300 e. The third-order valence-electron chi connectivity index (χ3n) is 2.91. The molecule has 0 radical (unpaired) electrons. The molecule has 0 amide bonds. The lowest BCUT2D eigenvalue weighted by molar-refractivity contribution is -0.0121. The summed E-state index contributed by atoms with van der Waals surface area (Å²) in [5.41, 5.74) is 1.84. The van der Waals surface area contributed by atoms with Crippen LogP contribution >= 0.6 is 0 Å². The molecule has 2 atom stereocenters. The highest BCUT2D eigenvalue weighted by Gasteiger charge is 2.36. The Kier molecular flexibility index (Phi) is 2.55. The summed E-state index contributed by atoms with van der Waals surface area (Å²) < 4.78 is 12.9. The zero-order chi connectivity index (χ0) is 11.8. The second kappa shape index (κ2) is 4.07. The predicted octanol–water partition coefficient (Wildman–Crippen LogP) is 2.50. The fraction of sp³-hybridized carbons (Fsp3) is 0.0769. The average Bonchev–Trinajstić information content (AvgIpc) is 2.64. The van der Waals surface area contributed by atoms with Gasteiger partial charge in [0.2, 0.25) is 0 Å². The number of nitrogens with zero attached hydrogens (tertiary/aromatic N) is 1. The maximum atomic E-state index is 12.0. The summed E-state index contributed by atoms with van der Waals surface area (Å²) >= 11 is 0. The van der Waals surface area contributed by atoms with E-state index in [9.17, 15) is 9.42 Å². The zero-order valence-electron chi connectivity index (χ0n) is 8.98. The van der Waals surface area contributed by atoms with Crippen molar-refractivity contribution in [2.45, 2.75) is 10.9 Å². The van der Waals surface area contributed by atoms with Gasteiger partial charge >= 0.3 is 0 Å². The molecule has 4 heteroatoms. The molecule has 3 nitrogen and oxygen atoms in total. The van der Waals surface area contributed by atoms with E-state index in [1.807, 2.05) is 48.5 Å². The predicted molar refractivity (Wildman–Crippen MR) is 64.8 cm³/mol. The van der Waals surface area contributed by atoms with Crippen molar-refractivity contribution in [2.75, 3.05) is 0 Å². The van der Waals surface area contributed by atoms with Crippen molar-refractivity contribution < 1.29 is 9.42 Å². The summed E-state index contributed by atoms with van der Waals surface area (Å²) in [6, 6.07) is 16.7. The molecular weight excluding hydrogens is 234 g/mol. The van der Waals surface area contributed by atoms with Crippen LogP contribution in [0.2, 0.25) is 0 Å². The van der Waals surface area contributed by atoms with E-state index in [1.54, 1.807) is 6.07 Å². The fourth-order valence-electron chi connectivity index (χ4n) is 2.12. The maximum Gasteiger partial charge on any atom is 0.152 e. The molecule has 0 aromatic heterocycles. The summed E-state index contributed by atoms with van der Waals surface area (Å²) in [5.74, 6) is 0. The summed E-state index contributed by atoms with van der Waals surface area (Å²) in [7, 11) is -1.48. The minimum absolute atomic E-state index is 0.340. The lowest BCUT2D eigenvalue weighted by Gasteiger charge is -2.16. The molecule has 1 aliphatic heterocycles. The van der Waals surface area contributed by atoms with Crippen molar-refractivity contribution in [3.63, 3.8) is 0 Å². The van der Waals surface area contributed by atoms with Crippen LogP contribution in [0.25, 0.3) is 0 Å². The molecule has 0 bridgehead atoms. The summed E-state index contributed by atoms with van der Waals surface area (Å²) in [4.78, 5) is 0.684. The van der Waals surface area contributed by atoms with Gasteiger partial charge in [-0.25, -0.2) is 4.21 Å². The highest BCUT2D eigenvalue weighted by atomic mass is 32.2. The molecule has 1 N–H and O–H groups in total. The van der Waals surface area contributed by atoms with Crippen LogP contribution in [0.3, 0.4) is 0 Å². The van der Waals surface area contributed by atoms with Crippen molar-refractivity contribution in [1.82, 2.24) is 4.47 Å². The van der Waals surface area contributed by atoms with E-state index in [2.05, 4.69) is 0 Å². The number of hydrogen-bond acceptors (Lipinski definition) is 2. The molecule has 0 aliphatic carbocycles. The maximum absolute atomic E-state index is 12.0.